The zero-order valence-corrected chi connectivity index (χ0v) is 19.5. The zero-order chi connectivity index (χ0) is 24.9. The molecule has 0 radical (unpaired) electrons. The normalized spacial score (nSPS) is 16.6. The highest BCUT2D eigenvalue weighted by Crippen LogP contribution is 2.25. The molecule has 3 heterocycles. The number of halogens is 2. The molecule has 1 fully saturated rings. The summed E-state index contributed by atoms with van der Waals surface area (Å²) in [4.78, 5) is 32.3. The van der Waals surface area contributed by atoms with E-state index in [9.17, 15) is 18.4 Å². The number of likely N-dealkylation sites (tertiary alicyclic amines) is 1. The van der Waals surface area contributed by atoms with Crippen molar-refractivity contribution in [1.82, 2.24) is 25.4 Å². The van der Waals surface area contributed by atoms with Crippen molar-refractivity contribution in [3.8, 4) is 0 Å². The van der Waals surface area contributed by atoms with Crippen LogP contribution in [-0.4, -0.2) is 44.5 Å². The van der Waals surface area contributed by atoms with Gasteiger partial charge in [0.1, 0.15) is 12.5 Å². The number of nitrogens with one attached hydrogen (secondary N) is 1. The summed E-state index contributed by atoms with van der Waals surface area (Å²) in [6.07, 6.45) is -0.303. The highest BCUT2D eigenvalue weighted by molar-refractivity contribution is 5.89. The van der Waals surface area contributed by atoms with Gasteiger partial charge in [-0.15, -0.1) is 10.2 Å². The number of alkyl halides is 2. The first kappa shape index (κ1) is 24.4. The van der Waals surface area contributed by atoms with Crippen molar-refractivity contribution >= 4 is 11.8 Å². The number of hydrogen-bond acceptors (Lipinski definition) is 6. The minimum atomic E-state index is -2.91. The van der Waals surface area contributed by atoms with Gasteiger partial charge in [-0.05, 0) is 36.0 Å². The molecule has 35 heavy (non-hydrogen) atoms. The number of benzene rings is 1. The van der Waals surface area contributed by atoms with Crippen molar-refractivity contribution in [2.24, 2.45) is 0 Å². The summed E-state index contributed by atoms with van der Waals surface area (Å²) in [5, 5.41) is 9.82. The second kappa shape index (κ2) is 10.7. The molecule has 1 saturated heterocycles. The number of nitrogens with zero attached hydrogens (tertiary/aromatic N) is 4. The molecule has 0 bridgehead atoms. The van der Waals surface area contributed by atoms with Gasteiger partial charge in [0.05, 0.1) is 11.7 Å². The molecule has 184 valence electrons. The summed E-state index contributed by atoms with van der Waals surface area (Å²) >= 11 is 0. The lowest BCUT2D eigenvalue weighted by atomic mass is 10.00. The van der Waals surface area contributed by atoms with Gasteiger partial charge in [0, 0.05) is 12.7 Å². The first-order valence-corrected chi connectivity index (χ1v) is 11.5. The fraction of sp³-hybridized carbons (Fsp3) is 0.400. The molecule has 4 rings (SSSR count). The van der Waals surface area contributed by atoms with Crippen LogP contribution in [0, 0.1) is 0 Å². The first-order chi connectivity index (χ1) is 16.8. The molecular weight excluding hydrogens is 456 g/mol. The summed E-state index contributed by atoms with van der Waals surface area (Å²) in [5.74, 6) is -1.44. The third-order valence-electron chi connectivity index (χ3n) is 6.04. The van der Waals surface area contributed by atoms with E-state index in [1.165, 1.54) is 4.90 Å². The molecule has 0 aliphatic carbocycles. The molecule has 10 heteroatoms. The fourth-order valence-electron chi connectivity index (χ4n) is 4.14. The van der Waals surface area contributed by atoms with Crippen molar-refractivity contribution in [1.29, 1.82) is 0 Å². The number of carbonyl (C=O) groups is 2. The number of hydrogen-bond donors (Lipinski definition) is 1. The monoisotopic (exact) mass is 483 g/mol. The second-order valence-electron chi connectivity index (χ2n) is 8.78. The Balaban J connectivity index is 1.50. The summed E-state index contributed by atoms with van der Waals surface area (Å²) in [7, 11) is 0. The highest BCUT2D eigenvalue weighted by atomic mass is 19.3. The van der Waals surface area contributed by atoms with Crippen molar-refractivity contribution in [3.63, 3.8) is 0 Å². The zero-order valence-electron chi connectivity index (χ0n) is 19.5. The van der Waals surface area contributed by atoms with Crippen LogP contribution in [0.2, 0.25) is 0 Å². The second-order valence-corrected chi connectivity index (χ2v) is 8.78. The maximum absolute atomic E-state index is 13.4. The lowest BCUT2D eigenvalue weighted by Gasteiger charge is -2.26. The third-order valence-corrected chi connectivity index (χ3v) is 6.04. The van der Waals surface area contributed by atoms with Gasteiger partial charge < -0.3 is 14.6 Å². The van der Waals surface area contributed by atoms with E-state index in [1.807, 2.05) is 48.7 Å². The van der Waals surface area contributed by atoms with E-state index in [2.05, 4.69) is 34.3 Å². The lowest BCUT2D eigenvalue weighted by molar-refractivity contribution is -0.138. The van der Waals surface area contributed by atoms with Gasteiger partial charge in [0.15, 0.2) is 0 Å². The van der Waals surface area contributed by atoms with Crippen LogP contribution in [0.25, 0.3) is 0 Å². The molecule has 2 atom stereocenters. The van der Waals surface area contributed by atoms with Crippen LogP contribution < -0.4 is 5.32 Å². The predicted octanol–water partition coefficient (Wildman–Crippen LogP) is 3.96. The van der Waals surface area contributed by atoms with Crippen LogP contribution in [0.4, 0.5) is 8.78 Å². The van der Waals surface area contributed by atoms with Crippen molar-refractivity contribution < 1.29 is 22.8 Å². The average molecular weight is 484 g/mol. The molecule has 0 unspecified atom stereocenters. The number of amides is 2. The summed E-state index contributed by atoms with van der Waals surface area (Å²) in [6, 6.07) is 12.2. The molecule has 0 spiro atoms. The molecule has 1 aliphatic heterocycles. The minimum absolute atomic E-state index is 0.201. The Morgan fingerprint density at radius 3 is 2.51 bits per heavy atom. The third kappa shape index (κ3) is 5.70. The Kier molecular flexibility index (Phi) is 7.48. The van der Waals surface area contributed by atoms with E-state index in [0.29, 0.717) is 31.0 Å². The van der Waals surface area contributed by atoms with Gasteiger partial charge >= 0.3 is 6.43 Å². The first-order valence-electron chi connectivity index (χ1n) is 11.5. The van der Waals surface area contributed by atoms with Crippen LogP contribution >= 0.6 is 0 Å². The van der Waals surface area contributed by atoms with Gasteiger partial charge in [-0.1, -0.05) is 50.2 Å². The van der Waals surface area contributed by atoms with Gasteiger partial charge in [0.25, 0.3) is 5.89 Å². The van der Waals surface area contributed by atoms with Gasteiger partial charge in [-0.3, -0.25) is 14.6 Å². The number of rotatable bonds is 8. The quantitative estimate of drug-likeness (QED) is 0.520. The van der Waals surface area contributed by atoms with E-state index >= 15 is 0 Å². The Morgan fingerprint density at radius 1 is 1.11 bits per heavy atom. The molecule has 8 nitrogen and oxygen atoms in total. The Hall–Kier alpha value is -3.69. The molecule has 2 aromatic heterocycles. The Labute approximate surface area is 201 Å². The van der Waals surface area contributed by atoms with E-state index in [1.54, 1.807) is 0 Å². The van der Waals surface area contributed by atoms with Crippen molar-refractivity contribution in [2.45, 2.75) is 57.5 Å². The van der Waals surface area contributed by atoms with Gasteiger partial charge in [-0.2, -0.15) is 8.78 Å². The smallest absolute Gasteiger partial charge is 0.314 e. The minimum Gasteiger partial charge on any atom is -0.419 e. The Morgan fingerprint density at radius 2 is 1.89 bits per heavy atom. The molecule has 3 aromatic rings. The summed E-state index contributed by atoms with van der Waals surface area (Å²) in [5.41, 5.74) is 2.65. The van der Waals surface area contributed by atoms with E-state index in [-0.39, 0.29) is 18.2 Å². The molecular formula is C25H27F2N5O3. The predicted molar refractivity (Wildman–Crippen MR) is 122 cm³/mol. The van der Waals surface area contributed by atoms with E-state index in [4.69, 9.17) is 4.42 Å². The fourth-order valence-corrected chi connectivity index (χ4v) is 4.14. The number of pyridine rings is 1. The van der Waals surface area contributed by atoms with Gasteiger partial charge in [0.2, 0.25) is 17.7 Å². The van der Waals surface area contributed by atoms with Crippen LogP contribution in [-0.2, 0) is 16.0 Å². The van der Waals surface area contributed by atoms with E-state index < -0.39 is 30.3 Å². The molecule has 1 aromatic carbocycles. The maximum Gasteiger partial charge on any atom is 0.314 e. The largest absolute Gasteiger partial charge is 0.419 e. The molecule has 1 aliphatic rings. The molecule has 0 saturated carbocycles. The maximum atomic E-state index is 13.4. The summed E-state index contributed by atoms with van der Waals surface area (Å²) < 4.78 is 30.2. The highest BCUT2D eigenvalue weighted by Gasteiger charge is 2.36. The topological polar surface area (TPSA) is 101 Å². The molecule has 1 N–H and O–H groups in total. The van der Waals surface area contributed by atoms with Crippen LogP contribution in [0.15, 0.2) is 53.1 Å². The van der Waals surface area contributed by atoms with E-state index in [0.717, 1.165) is 11.1 Å². The van der Waals surface area contributed by atoms with Crippen molar-refractivity contribution in [3.05, 3.63) is 77.3 Å². The van der Waals surface area contributed by atoms with Crippen LogP contribution in [0.1, 0.15) is 73.7 Å². The number of aromatic nitrogens is 3. The van der Waals surface area contributed by atoms with Gasteiger partial charge in [-0.25, -0.2) is 0 Å². The average Bonchev–Trinajstić information content (AvgIpc) is 3.53. The molecule has 2 amide bonds. The van der Waals surface area contributed by atoms with Crippen LogP contribution in [0.3, 0.4) is 0 Å². The standard InChI is InChI=1S/C25H27F2N5O3/c1-15(2)17-10-11-18(28-14-17)22(16-7-4-3-5-8-16)29-24(34)19-9-6-12-32(19)21(33)13-20-30-31-25(35-20)23(26)27/h3-5,7-8,10-11,14-15,19,22-23H,6,9,12-13H2,1-2H3,(H,29,34)/t19-,22-/m0/s1. The summed E-state index contributed by atoms with van der Waals surface area (Å²) in [6.45, 7) is 4.55. The number of carbonyl (C=O) groups excluding carboxylic acids is 2. The Bertz CT molecular complexity index is 1150. The SMILES string of the molecule is CC(C)c1ccc([C@@H](NC(=O)[C@@H]2CCCN2C(=O)Cc2nnc(C(F)F)o2)c2ccccc2)nc1. The lowest BCUT2D eigenvalue weighted by Crippen LogP contribution is -2.47. The van der Waals surface area contributed by atoms with Crippen LogP contribution in [0.5, 0.6) is 0 Å². The van der Waals surface area contributed by atoms with Crippen molar-refractivity contribution in [2.75, 3.05) is 6.54 Å².